The summed E-state index contributed by atoms with van der Waals surface area (Å²) in [6.07, 6.45) is 4.96. The van der Waals surface area contributed by atoms with Crippen molar-refractivity contribution in [1.82, 2.24) is 15.6 Å². The highest BCUT2D eigenvalue weighted by molar-refractivity contribution is 5.95. The predicted molar refractivity (Wildman–Crippen MR) is 91.6 cm³/mol. The second-order valence-electron chi connectivity index (χ2n) is 5.49. The zero-order chi connectivity index (χ0) is 16.7. The second kappa shape index (κ2) is 8.08. The number of hydrogen-bond acceptors (Lipinski definition) is 3. The van der Waals surface area contributed by atoms with E-state index in [-0.39, 0.29) is 17.7 Å². The largest absolute Gasteiger partial charge is 0.354 e. The Morgan fingerprint density at radius 1 is 1.13 bits per heavy atom. The van der Waals surface area contributed by atoms with E-state index in [1.54, 1.807) is 12.3 Å². The quantitative estimate of drug-likeness (QED) is 0.634. The van der Waals surface area contributed by atoms with Crippen LogP contribution in [0.5, 0.6) is 0 Å². The van der Waals surface area contributed by atoms with Gasteiger partial charge in [0.1, 0.15) is 0 Å². The number of carbonyl (C=O) groups is 2. The maximum atomic E-state index is 11.8. The maximum absolute atomic E-state index is 11.8. The number of carbonyl (C=O) groups excluding carboxylic acids is 2. The molecule has 5 nitrogen and oxygen atoms in total. The van der Waals surface area contributed by atoms with Gasteiger partial charge in [0.15, 0.2) is 0 Å². The lowest BCUT2D eigenvalue weighted by atomic mass is 10.1. The lowest BCUT2D eigenvalue weighted by Crippen LogP contribution is -2.35. The Morgan fingerprint density at radius 3 is 2.65 bits per heavy atom. The number of aromatic nitrogens is 1. The van der Waals surface area contributed by atoms with Gasteiger partial charge in [0, 0.05) is 42.2 Å². The van der Waals surface area contributed by atoms with Gasteiger partial charge in [-0.25, -0.2) is 0 Å². The molecule has 2 amide bonds. The summed E-state index contributed by atoms with van der Waals surface area (Å²) in [6, 6.07) is 9.70. The van der Waals surface area contributed by atoms with Crippen molar-refractivity contribution in [2.24, 2.45) is 5.92 Å². The first kappa shape index (κ1) is 16.7. The van der Waals surface area contributed by atoms with E-state index in [9.17, 15) is 9.59 Å². The van der Waals surface area contributed by atoms with Crippen molar-refractivity contribution in [1.29, 1.82) is 0 Å². The molecule has 0 saturated heterocycles. The fourth-order valence-corrected chi connectivity index (χ4v) is 2.06. The van der Waals surface area contributed by atoms with E-state index >= 15 is 0 Å². The van der Waals surface area contributed by atoms with Gasteiger partial charge in [-0.2, -0.15) is 0 Å². The van der Waals surface area contributed by atoms with E-state index in [0.717, 1.165) is 16.5 Å². The molecular formula is C18H21N3O2. The molecule has 23 heavy (non-hydrogen) atoms. The van der Waals surface area contributed by atoms with Gasteiger partial charge in [-0.3, -0.25) is 14.6 Å². The average Bonchev–Trinajstić information content (AvgIpc) is 2.56. The minimum Gasteiger partial charge on any atom is -0.354 e. The van der Waals surface area contributed by atoms with Crippen LogP contribution in [0.15, 0.2) is 42.6 Å². The summed E-state index contributed by atoms with van der Waals surface area (Å²) >= 11 is 0. The number of fused-ring (bicyclic) bond motifs is 1. The van der Waals surface area contributed by atoms with Crippen LogP contribution in [0.4, 0.5) is 0 Å². The molecule has 0 spiro atoms. The molecular weight excluding hydrogens is 290 g/mol. The van der Waals surface area contributed by atoms with E-state index in [1.165, 1.54) is 6.08 Å². The van der Waals surface area contributed by atoms with Crippen molar-refractivity contribution in [3.63, 3.8) is 0 Å². The van der Waals surface area contributed by atoms with E-state index in [1.807, 2.05) is 44.2 Å². The van der Waals surface area contributed by atoms with Gasteiger partial charge in [0.2, 0.25) is 11.8 Å². The molecule has 0 aliphatic carbocycles. The van der Waals surface area contributed by atoms with Crippen LogP contribution in [0.3, 0.4) is 0 Å². The lowest BCUT2D eigenvalue weighted by molar-refractivity contribution is -0.124. The van der Waals surface area contributed by atoms with Crippen molar-refractivity contribution >= 4 is 28.8 Å². The van der Waals surface area contributed by atoms with E-state index in [2.05, 4.69) is 15.6 Å². The molecule has 0 bridgehead atoms. The van der Waals surface area contributed by atoms with E-state index < -0.39 is 0 Å². The minimum atomic E-state index is -0.197. The van der Waals surface area contributed by atoms with E-state index in [0.29, 0.717) is 13.1 Å². The standard InChI is InChI=1S/C18H21N3O2/c1-13(2)18(23)21-12-11-19-16(22)9-8-15-6-3-5-14-7-4-10-20-17(14)15/h3-10,13H,11-12H2,1-2H3,(H,19,22)(H,21,23)/b9-8+. The molecule has 5 heteroatoms. The van der Waals surface area contributed by atoms with Crippen LogP contribution in [-0.4, -0.2) is 29.9 Å². The number of hydrogen-bond donors (Lipinski definition) is 2. The number of pyridine rings is 1. The topological polar surface area (TPSA) is 71.1 Å². The molecule has 1 aromatic heterocycles. The summed E-state index contributed by atoms with van der Waals surface area (Å²) in [5.74, 6) is -0.266. The third-order valence-electron chi connectivity index (χ3n) is 3.33. The number of nitrogens with zero attached hydrogens (tertiary/aromatic N) is 1. The van der Waals surface area contributed by atoms with Crippen LogP contribution in [-0.2, 0) is 9.59 Å². The molecule has 0 saturated carbocycles. The molecule has 2 rings (SSSR count). The van der Waals surface area contributed by atoms with Crippen molar-refractivity contribution in [3.05, 3.63) is 48.2 Å². The van der Waals surface area contributed by atoms with Gasteiger partial charge >= 0.3 is 0 Å². The smallest absolute Gasteiger partial charge is 0.244 e. The van der Waals surface area contributed by atoms with Crippen LogP contribution < -0.4 is 10.6 Å². The Kier molecular flexibility index (Phi) is 5.86. The lowest BCUT2D eigenvalue weighted by Gasteiger charge is -2.07. The number of rotatable bonds is 6. The maximum Gasteiger partial charge on any atom is 0.244 e. The fraction of sp³-hybridized carbons (Fsp3) is 0.278. The molecule has 1 heterocycles. The highest BCUT2D eigenvalue weighted by Gasteiger charge is 2.05. The molecule has 0 aliphatic heterocycles. The first-order valence-corrected chi connectivity index (χ1v) is 7.65. The van der Waals surface area contributed by atoms with Gasteiger partial charge in [-0.1, -0.05) is 38.1 Å². The minimum absolute atomic E-state index is 0.0170. The van der Waals surface area contributed by atoms with E-state index in [4.69, 9.17) is 0 Å². The van der Waals surface area contributed by atoms with Crippen LogP contribution in [0, 0.1) is 5.92 Å². The Labute approximate surface area is 135 Å². The highest BCUT2D eigenvalue weighted by atomic mass is 16.2. The van der Waals surface area contributed by atoms with Gasteiger partial charge in [0.25, 0.3) is 0 Å². The van der Waals surface area contributed by atoms with Crippen LogP contribution >= 0.6 is 0 Å². The first-order valence-electron chi connectivity index (χ1n) is 7.65. The van der Waals surface area contributed by atoms with Crippen LogP contribution in [0.2, 0.25) is 0 Å². The zero-order valence-electron chi connectivity index (χ0n) is 13.4. The number of nitrogens with one attached hydrogen (secondary N) is 2. The summed E-state index contributed by atoms with van der Waals surface area (Å²) in [5.41, 5.74) is 1.76. The van der Waals surface area contributed by atoms with Crippen LogP contribution in [0.1, 0.15) is 19.4 Å². The third kappa shape index (κ3) is 4.92. The second-order valence-corrected chi connectivity index (χ2v) is 5.49. The molecule has 0 radical (unpaired) electrons. The molecule has 0 atom stereocenters. The molecule has 0 fully saturated rings. The number of benzene rings is 1. The average molecular weight is 311 g/mol. The fourth-order valence-electron chi connectivity index (χ4n) is 2.06. The van der Waals surface area contributed by atoms with Gasteiger partial charge in [0.05, 0.1) is 5.52 Å². The molecule has 120 valence electrons. The van der Waals surface area contributed by atoms with Gasteiger partial charge in [-0.05, 0) is 12.1 Å². The highest BCUT2D eigenvalue weighted by Crippen LogP contribution is 2.16. The summed E-state index contributed by atoms with van der Waals surface area (Å²) in [5, 5.41) is 6.52. The van der Waals surface area contributed by atoms with Crippen molar-refractivity contribution < 1.29 is 9.59 Å². The number of para-hydroxylation sites is 1. The first-order chi connectivity index (χ1) is 11.1. The molecule has 2 aromatic rings. The Morgan fingerprint density at radius 2 is 1.87 bits per heavy atom. The Hall–Kier alpha value is -2.69. The normalized spacial score (nSPS) is 11.1. The van der Waals surface area contributed by atoms with Crippen molar-refractivity contribution in [3.8, 4) is 0 Å². The summed E-state index contributed by atoms with van der Waals surface area (Å²) in [6.45, 7) is 4.48. The molecule has 1 aromatic carbocycles. The predicted octanol–water partition coefficient (Wildman–Crippen LogP) is 2.14. The summed E-state index contributed by atoms with van der Waals surface area (Å²) in [4.78, 5) is 27.5. The molecule has 0 aliphatic rings. The SMILES string of the molecule is CC(C)C(=O)NCCNC(=O)/C=C/c1cccc2cccnc12. The number of amides is 2. The molecule has 2 N–H and O–H groups in total. The van der Waals surface area contributed by atoms with Gasteiger partial charge < -0.3 is 10.6 Å². The Bertz CT molecular complexity index is 718. The third-order valence-corrected chi connectivity index (χ3v) is 3.33. The molecule has 0 unspecified atom stereocenters. The van der Waals surface area contributed by atoms with Crippen molar-refractivity contribution in [2.75, 3.05) is 13.1 Å². The zero-order valence-corrected chi connectivity index (χ0v) is 13.4. The van der Waals surface area contributed by atoms with Crippen LogP contribution in [0.25, 0.3) is 17.0 Å². The van der Waals surface area contributed by atoms with Crippen molar-refractivity contribution in [2.45, 2.75) is 13.8 Å². The van der Waals surface area contributed by atoms with Gasteiger partial charge in [-0.15, -0.1) is 0 Å². The Balaban J connectivity index is 1.87. The monoisotopic (exact) mass is 311 g/mol. The summed E-state index contributed by atoms with van der Waals surface area (Å²) < 4.78 is 0. The summed E-state index contributed by atoms with van der Waals surface area (Å²) in [7, 11) is 0.